The van der Waals surface area contributed by atoms with Gasteiger partial charge in [-0.15, -0.1) is 0 Å². The third kappa shape index (κ3) is 1.92. The van der Waals surface area contributed by atoms with E-state index in [1.807, 2.05) is 24.3 Å². The van der Waals surface area contributed by atoms with Gasteiger partial charge in [0.2, 0.25) is 0 Å². The zero-order valence-electron chi connectivity index (χ0n) is 9.69. The summed E-state index contributed by atoms with van der Waals surface area (Å²) in [6.45, 7) is 1.61. The van der Waals surface area contributed by atoms with Gasteiger partial charge in [0.15, 0.2) is 0 Å². The molecule has 3 nitrogen and oxygen atoms in total. The van der Waals surface area contributed by atoms with E-state index in [0.29, 0.717) is 6.54 Å². The highest BCUT2D eigenvalue weighted by Gasteiger charge is 2.31. The minimum Gasteiger partial charge on any atom is -0.384 e. The van der Waals surface area contributed by atoms with Gasteiger partial charge in [0.25, 0.3) is 0 Å². The third-order valence-corrected chi connectivity index (χ3v) is 3.49. The van der Waals surface area contributed by atoms with Gasteiger partial charge in [-0.1, -0.05) is 18.2 Å². The second-order valence-electron chi connectivity index (χ2n) is 4.73. The molecule has 2 N–H and O–H groups in total. The highest BCUT2D eigenvalue weighted by Crippen LogP contribution is 2.29. The minimum atomic E-state index is -0.755. The van der Waals surface area contributed by atoms with E-state index in [4.69, 9.17) is 0 Å². The number of nitrogens with one attached hydrogen (secondary N) is 1. The van der Waals surface area contributed by atoms with Gasteiger partial charge in [-0.3, -0.25) is 4.98 Å². The Balaban J connectivity index is 2.05. The van der Waals surface area contributed by atoms with Crippen molar-refractivity contribution in [1.82, 2.24) is 10.3 Å². The molecule has 1 aromatic carbocycles. The molecule has 1 saturated heterocycles. The molecular formula is C14H16N2O. The molecule has 0 amide bonds. The first kappa shape index (κ1) is 10.7. The number of fused-ring (bicyclic) bond motifs is 1. The summed E-state index contributed by atoms with van der Waals surface area (Å²) >= 11 is 0. The molecule has 1 unspecified atom stereocenters. The van der Waals surface area contributed by atoms with E-state index in [2.05, 4.69) is 16.4 Å². The van der Waals surface area contributed by atoms with E-state index < -0.39 is 5.60 Å². The van der Waals surface area contributed by atoms with Crippen LogP contribution in [0.2, 0.25) is 0 Å². The number of rotatable bonds is 1. The van der Waals surface area contributed by atoms with E-state index in [1.165, 1.54) is 0 Å². The largest absolute Gasteiger partial charge is 0.384 e. The summed E-state index contributed by atoms with van der Waals surface area (Å²) in [6.07, 6.45) is 3.61. The molecule has 1 fully saturated rings. The number of hydrogen-bond acceptors (Lipinski definition) is 3. The van der Waals surface area contributed by atoms with Crippen LogP contribution in [0.3, 0.4) is 0 Å². The molecule has 88 valence electrons. The van der Waals surface area contributed by atoms with E-state index in [9.17, 15) is 5.11 Å². The smallest absolute Gasteiger partial charge is 0.104 e. The number of nitrogens with zero attached hydrogens (tertiary/aromatic N) is 1. The molecule has 0 bridgehead atoms. The van der Waals surface area contributed by atoms with Gasteiger partial charge >= 0.3 is 0 Å². The lowest BCUT2D eigenvalue weighted by molar-refractivity contribution is 0.0121. The highest BCUT2D eigenvalue weighted by molar-refractivity contribution is 5.78. The fourth-order valence-electron chi connectivity index (χ4n) is 2.46. The van der Waals surface area contributed by atoms with Crippen LogP contribution in [-0.2, 0) is 5.60 Å². The van der Waals surface area contributed by atoms with E-state index in [-0.39, 0.29) is 0 Å². The lowest BCUT2D eigenvalue weighted by atomic mass is 9.87. The zero-order valence-corrected chi connectivity index (χ0v) is 9.69. The average Bonchev–Trinajstić information content (AvgIpc) is 2.39. The van der Waals surface area contributed by atoms with Gasteiger partial charge in [0, 0.05) is 23.7 Å². The molecule has 1 aliphatic rings. The van der Waals surface area contributed by atoms with Gasteiger partial charge in [0.1, 0.15) is 5.60 Å². The average molecular weight is 228 g/mol. The summed E-state index contributed by atoms with van der Waals surface area (Å²) in [6, 6.07) is 10.0. The summed E-state index contributed by atoms with van der Waals surface area (Å²) < 4.78 is 0. The number of hydrogen-bond donors (Lipinski definition) is 2. The Bertz CT molecular complexity index is 532. The van der Waals surface area contributed by atoms with Crippen molar-refractivity contribution in [2.75, 3.05) is 13.1 Å². The summed E-state index contributed by atoms with van der Waals surface area (Å²) in [5, 5.41) is 14.9. The topological polar surface area (TPSA) is 45.2 Å². The lowest BCUT2D eigenvalue weighted by Crippen LogP contribution is -2.43. The van der Waals surface area contributed by atoms with Crippen LogP contribution in [-0.4, -0.2) is 23.2 Å². The van der Waals surface area contributed by atoms with Crippen molar-refractivity contribution in [2.45, 2.75) is 18.4 Å². The molecule has 2 aromatic rings. The molecule has 1 atom stereocenters. The van der Waals surface area contributed by atoms with Crippen LogP contribution in [0.1, 0.15) is 18.4 Å². The summed E-state index contributed by atoms with van der Waals surface area (Å²) in [5.74, 6) is 0. The van der Waals surface area contributed by atoms with Crippen LogP contribution in [0.4, 0.5) is 0 Å². The van der Waals surface area contributed by atoms with Crippen molar-refractivity contribution in [2.24, 2.45) is 0 Å². The Morgan fingerprint density at radius 3 is 3.00 bits per heavy atom. The van der Waals surface area contributed by atoms with Gasteiger partial charge in [-0.05, 0) is 31.5 Å². The van der Waals surface area contributed by atoms with Crippen molar-refractivity contribution >= 4 is 10.9 Å². The molecule has 0 radical (unpaired) electrons. The van der Waals surface area contributed by atoms with E-state index in [1.54, 1.807) is 6.20 Å². The Morgan fingerprint density at radius 2 is 2.18 bits per heavy atom. The maximum atomic E-state index is 10.6. The van der Waals surface area contributed by atoms with Gasteiger partial charge in [-0.25, -0.2) is 0 Å². The van der Waals surface area contributed by atoms with Crippen LogP contribution >= 0.6 is 0 Å². The first-order valence-electron chi connectivity index (χ1n) is 6.06. The van der Waals surface area contributed by atoms with Crippen molar-refractivity contribution in [3.8, 4) is 0 Å². The molecule has 3 heteroatoms. The van der Waals surface area contributed by atoms with E-state index in [0.717, 1.165) is 35.9 Å². The maximum absolute atomic E-state index is 10.6. The zero-order chi connectivity index (χ0) is 11.7. The Kier molecular flexibility index (Phi) is 2.57. The number of aliphatic hydroxyl groups is 1. The van der Waals surface area contributed by atoms with Crippen LogP contribution < -0.4 is 5.32 Å². The summed E-state index contributed by atoms with van der Waals surface area (Å²) in [7, 11) is 0. The normalized spacial score (nSPS) is 25.0. The fraction of sp³-hybridized carbons (Fsp3) is 0.357. The molecular weight excluding hydrogens is 212 g/mol. The number of pyridine rings is 1. The van der Waals surface area contributed by atoms with Crippen LogP contribution in [0, 0.1) is 0 Å². The Labute approximate surface area is 100 Å². The van der Waals surface area contributed by atoms with Crippen molar-refractivity contribution in [3.63, 3.8) is 0 Å². The van der Waals surface area contributed by atoms with Crippen LogP contribution in [0.5, 0.6) is 0 Å². The molecule has 1 aromatic heterocycles. The quantitative estimate of drug-likeness (QED) is 0.782. The van der Waals surface area contributed by atoms with Crippen molar-refractivity contribution < 1.29 is 5.11 Å². The van der Waals surface area contributed by atoms with Gasteiger partial charge in [0.05, 0.1) is 5.52 Å². The van der Waals surface area contributed by atoms with Crippen LogP contribution in [0.25, 0.3) is 10.9 Å². The first-order valence-corrected chi connectivity index (χ1v) is 6.06. The minimum absolute atomic E-state index is 0.618. The number of piperidine rings is 1. The first-order chi connectivity index (χ1) is 8.28. The van der Waals surface area contributed by atoms with Crippen molar-refractivity contribution in [1.29, 1.82) is 0 Å². The standard InChI is InChI=1S/C14H16N2O/c17-14(6-3-7-15-10-14)12-8-11-4-1-2-5-13(11)16-9-12/h1-2,4-5,8-9,15,17H,3,6-7,10H2. The molecule has 2 heterocycles. The monoisotopic (exact) mass is 228 g/mol. The Hall–Kier alpha value is -1.45. The summed E-state index contributed by atoms with van der Waals surface area (Å²) in [4.78, 5) is 4.41. The van der Waals surface area contributed by atoms with E-state index >= 15 is 0 Å². The number of para-hydroxylation sites is 1. The number of β-amino-alcohol motifs (C(OH)–C–C–N with tert-alkyl or cyclic N) is 1. The molecule has 3 rings (SSSR count). The SMILES string of the molecule is OC1(c2cnc3ccccc3c2)CCCNC1. The second-order valence-corrected chi connectivity index (χ2v) is 4.73. The molecule has 1 aliphatic heterocycles. The fourth-order valence-corrected chi connectivity index (χ4v) is 2.46. The van der Waals surface area contributed by atoms with Crippen LogP contribution in [0.15, 0.2) is 36.5 Å². The molecule has 0 spiro atoms. The maximum Gasteiger partial charge on any atom is 0.104 e. The predicted octanol–water partition coefficient (Wildman–Crippen LogP) is 1.81. The van der Waals surface area contributed by atoms with Gasteiger partial charge < -0.3 is 10.4 Å². The van der Waals surface area contributed by atoms with Crippen molar-refractivity contribution in [3.05, 3.63) is 42.1 Å². The molecule has 0 saturated carbocycles. The Morgan fingerprint density at radius 1 is 1.29 bits per heavy atom. The number of aromatic nitrogens is 1. The second kappa shape index (κ2) is 4.09. The molecule has 0 aliphatic carbocycles. The number of benzene rings is 1. The highest BCUT2D eigenvalue weighted by atomic mass is 16.3. The predicted molar refractivity (Wildman–Crippen MR) is 67.7 cm³/mol. The van der Waals surface area contributed by atoms with Gasteiger partial charge in [-0.2, -0.15) is 0 Å². The summed E-state index contributed by atoms with van der Waals surface area (Å²) in [5.41, 5.74) is 1.14. The molecule has 17 heavy (non-hydrogen) atoms. The lowest BCUT2D eigenvalue weighted by Gasteiger charge is -2.32. The third-order valence-electron chi connectivity index (χ3n) is 3.49.